The van der Waals surface area contributed by atoms with Gasteiger partial charge in [0.15, 0.2) is 0 Å². The van der Waals surface area contributed by atoms with Crippen molar-refractivity contribution in [1.29, 1.82) is 0 Å². The predicted molar refractivity (Wildman–Crippen MR) is 80.4 cm³/mol. The summed E-state index contributed by atoms with van der Waals surface area (Å²) in [5.74, 6) is 0.566. The number of benzene rings is 1. The quantitative estimate of drug-likeness (QED) is 0.884. The third-order valence-electron chi connectivity index (χ3n) is 2.83. The number of amides is 1. The molecule has 4 heteroatoms. The predicted octanol–water partition coefficient (Wildman–Crippen LogP) is 2.75. The fraction of sp³-hybridized carbons (Fsp3) is 0.188. The molecule has 0 aromatic heterocycles. The first-order chi connectivity index (χ1) is 9.70. The zero-order valence-corrected chi connectivity index (χ0v) is 11.4. The van der Waals surface area contributed by atoms with Gasteiger partial charge in [-0.1, -0.05) is 18.2 Å². The lowest BCUT2D eigenvalue weighted by molar-refractivity contribution is -0.112. The van der Waals surface area contributed by atoms with Crippen molar-refractivity contribution in [2.75, 3.05) is 11.9 Å². The lowest BCUT2D eigenvalue weighted by Crippen LogP contribution is -2.16. The summed E-state index contributed by atoms with van der Waals surface area (Å²) in [4.78, 5) is 12.2. The number of nitrogens with two attached hydrogens (primary N) is 1. The van der Waals surface area contributed by atoms with Crippen LogP contribution in [0.25, 0.3) is 0 Å². The van der Waals surface area contributed by atoms with Crippen LogP contribution < -0.4 is 15.8 Å². The Balaban J connectivity index is 2.09. The number of hydrogen-bond acceptors (Lipinski definition) is 3. The van der Waals surface area contributed by atoms with E-state index in [1.165, 1.54) is 0 Å². The Labute approximate surface area is 118 Å². The minimum atomic E-state index is -0.213. The van der Waals surface area contributed by atoms with Gasteiger partial charge < -0.3 is 15.8 Å². The summed E-state index contributed by atoms with van der Waals surface area (Å²) in [6.07, 6.45) is 8.11. The van der Waals surface area contributed by atoms with E-state index in [-0.39, 0.29) is 5.91 Å². The van der Waals surface area contributed by atoms with Crippen LogP contribution in [0.2, 0.25) is 0 Å². The van der Waals surface area contributed by atoms with Gasteiger partial charge in [0.25, 0.3) is 5.91 Å². The number of allylic oxidation sites excluding steroid dienone is 3. The van der Waals surface area contributed by atoms with Gasteiger partial charge in [0, 0.05) is 11.4 Å². The van der Waals surface area contributed by atoms with E-state index in [9.17, 15) is 4.79 Å². The van der Waals surface area contributed by atoms with Crippen LogP contribution in [0.15, 0.2) is 59.8 Å². The Morgan fingerprint density at radius 3 is 2.65 bits per heavy atom. The Bertz CT molecular complexity index is 569. The van der Waals surface area contributed by atoms with Crippen molar-refractivity contribution in [3.63, 3.8) is 0 Å². The van der Waals surface area contributed by atoms with Crippen LogP contribution in [0.5, 0.6) is 5.75 Å². The highest BCUT2D eigenvalue weighted by Crippen LogP contribution is 2.17. The van der Waals surface area contributed by atoms with E-state index in [0.29, 0.717) is 23.6 Å². The number of ether oxygens (including phenoxy) is 1. The molecule has 1 aromatic carbocycles. The molecule has 2 rings (SSSR count). The summed E-state index contributed by atoms with van der Waals surface area (Å²) in [6, 6.07) is 7.24. The smallest absolute Gasteiger partial charge is 0.257 e. The average molecular weight is 270 g/mol. The molecular weight excluding hydrogens is 252 g/mol. The fourth-order valence-electron chi connectivity index (χ4n) is 1.85. The van der Waals surface area contributed by atoms with E-state index in [1.54, 1.807) is 24.3 Å². The van der Waals surface area contributed by atoms with E-state index in [4.69, 9.17) is 10.5 Å². The molecular formula is C16H18N2O2. The van der Waals surface area contributed by atoms with Gasteiger partial charge in [-0.25, -0.2) is 0 Å². The molecule has 0 heterocycles. The van der Waals surface area contributed by atoms with Crippen LogP contribution in [0.1, 0.15) is 13.3 Å². The molecule has 0 atom stereocenters. The molecule has 0 spiro atoms. The number of nitrogens with one attached hydrogen (secondary N) is 1. The van der Waals surface area contributed by atoms with Gasteiger partial charge in [-0.2, -0.15) is 0 Å². The maximum Gasteiger partial charge on any atom is 0.257 e. The van der Waals surface area contributed by atoms with Gasteiger partial charge in [0.1, 0.15) is 5.75 Å². The van der Waals surface area contributed by atoms with Crippen molar-refractivity contribution in [2.45, 2.75) is 13.3 Å². The van der Waals surface area contributed by atoms with Crippen molar-refractivity contribution >= 4 is 11.6 Å². The third-order valence-corrected chi connectivity index (χ3v) is 2.83. The summed E-state index contributed by atoms with van der Waals surface area (Å²) < 4.78 is 5.35. The van der Waals surface area contributed by atoms with Crippen LogP contribution in [0.3, 0.4) is 0 Å². The lowest BCUT2D eigenvalue weighted by atomic mass is 10.1. The van der Waals surface area contributed by atoms with Crippen LogP contribution in [-0.2, 0) is 4.79 Å². The molecule has 0 fully saturated rings. The third kappa shape index (κ3) is 3.51. The highest BCUT2D eigenvalue weighted by molar-refractivity contribution is 6.06. The molecule has 1 aliphatic rings. The van der Waals surface area contributed by atoms with Crippen LogP contribution in [0.4, 0.5) is 5.69 Å². The molecule has 0 bridgehead atoms. The summed E-state index contributed by atoms with van der Waals surface area (Å²) in [5, 5.41) is 2.82. The van der Waals surface area contributed by atoms with E-state index < -0.39 is 0 Å². The highest BCUT2D eigenvalue weighted by atomic mass is 16.5. The van der Waals surface area contributed by atoms with Gasteiger partial charge >= 0.3 is 0 Å². The second kappa shape index (κ2) is 6.61. The Morgan fingerprint density at radius 2 is 1.95 bits per heavy atom. The summed E-state index contributed by atoms with van der Waals surface area (Å²) in [7, 11) is 0. The van der Waals surface area contributed by atoms with E-state index >= 15 is 0 Å². The van der Waals surface area contributed by atoms with Crippen LogP contribution >= 0.6 is 0 Å². The minimum Gasteiger partial charge on any atom is -0.494 e. The van der Waals surface area contributed by atoms with E-state index in [0.717, 1.165) is 12.2 Å². The SMILES string of the molecule is CCOc1ccc(NC(=O)C2=C(N)C=CCC=C2)cc1. The molecule has 0 unspecified atom stereocenters. The first-order valence-electron chi connectivity index (χ1n) is 6.57. The second-order valence-electron chi connectivity index (χ2n) is 4.32. The first kappa shape index (κ1) is 13.9. The molecule has 1 amide bonds. The summed E-state index contributed by atoms with van der Waals surface area (Å²) >= 11 is 0. The standard InChI is InChI=1S/C16H18N2O2/c1-2-20-13-10-8-12(9-11-13)18-16(19)14-6-4-3-5-7-15(14)17/h4-11H,2-3,17H2,1H3,(H,18,19). The van der Waals surface area contributed by atoms with Gasteiger partial charge in [-0.15, -0.1) is 0 Å². The number of hydrogen-bond donors (Lipinski definition) is 2. The van der Waals surface area contributed by atoms with Crippen molar-refractivity contribution in [3.8, 4) is 5.75 Å². The largest absolute Gasteiger partial charge is 0.494 e. The molecule has 1 aromatic rings. The molecule has 4 nitrogen and oxygen atoms in total. The summed E-state index contributed by atoms with van der Waals surface area (Å²) in [6.45, 7) is 2.54. The van der Waals surface area contributed by atoms with Crippen molar-refractivity contribution in [3.05, 3.63) is 59.8 Å². The van der Waals surface area contributed by atoms with Crippen LogP contribution in [-0.4, -0.2) is 12.5 Å². The van der Waals surface area contributed by atoms with Crippen molar-refractivity contribution in [2.24, 2.45) is 5.73 Å². The molecule has 20 heavy (non-hydrogen) atoms. The van der Waals surface area contributed by atoms with E-state index in [2.05, 4.69) is 5.32 Å². The highest BCUT2D eigenvalue weighted by Gasteiger charge is 2.11. The van der Waals surface area contributed by atoms with Gasteiger partial charge in [-0.05, 0) is 43.7 Å². The van der Waals surface area contributed by atoms with Gasteiger partial charge in [0.05, 0.1) is 12.2 Å². The van der Waals surface area contributed by atoms with Gasteiger partial charge in [0.2, 0.25) is 0 Å². The Kier molecular flexibility index (Phi) is 4.60. The van der Waals surface area contributed by atoms with Gasteiger partial charge in [-0.3, -0.25) is 4.79 Å². The molecule has 3 N–H and O–H groups in total. The molecule has 1 aliphatic carbocycles. The normalized spacial score (nSPS) is 14.1. The maximum absolute atomic E-state index is 12.2. The first-order valence-corrected chi connectivity index (χ1v) is 6.57. The lowest BCUT2D eigenvalue weighted by Gasteiger charge is -2.08. The molecule has 0 radical (unpaired) electrons. The van der Waals surface area contributed by atoms with E-state index in [1.807, 2.05) is 31.2 Å². The number of rotatable bonds is 4. The van der Waals surface area contributed by atoms with Crippen molar-refractivity contribution < 1.29 is 9.53 Å². The van der Waals surface area contributed by atoms with Crippen LogP contribution in [0, 0.1) is 0 Å². The Hall–Kier alpha value is -2.49. The maximum atomic E-state index is 12.2. The molecule has 0 saturated heterocycles. The average Bonchev–Trinajstić information content (AvgIpc) is 2.66. The van der Waals surface area contributed by atoms with Crippen molar-refractivity contribution in [1.82, 2.24) is 0 Å². The summed E-state index contributed by atoms with van der Waals surface area (Å²) in [5.41, 5.74) is 7.52. The second-order valence-corrected chi connectivity index (χ2v) is 4.32. The minimum absolute atomic E-state index is 0.213. The molecule has 0 saturated carbocycles. The molecule has 0 aliphatic heterocycles. The number of carbonyl (C=O) groups is 1. The monoisotopic (exact) mass is 270 g/mol. The zero-order chi connectivity index (χ0) is 14.4. The number of carbonyl (C=O) groups excluding carboxylic acids is 1. The fourth-order valence-corrected chi connectivity index (χ4v) is 1.85. The Morgan fingerprint density at radius 1 is 1.25 bits per heavy atom. The molecule has 104 valence electrons. The number of anilines is 1. The zero-order valence-electron chi connectivity index (χ0n) is 11.4. The topological polar surface area (TPSA) is 64.3 Å².